The van der Waals surface area contributed by atoms with Gasteiger partial charge in [0.05, 0.1) is 29.5 Å². The van der Waals surface area contributed by atoms with Crippen molar-refractivity contribution in [3.8, 4) is 17.3 Å². The Labute approximate surface area is 195 Å². The van der Waals surface area contributed by atoms with Gasteiger partial charge >= 0.3 is 0 Å². The molecule has 10 heteroatoms. The number of hydrogen-bond donors (Lipinski definition) is 0. The summed E-state index contributed by atoms with van der Waals surface area (Å²) in [5.41, 5.74) is 2.54. The third-order valence-electron chi connectivity index (χ3n) is 6.21. The molecule has 0 radical (unpaired) electrons. The SMILES string of the molecule is CN(C)[C@H]1CC[C@@H](n2cc(-c3cc(Sc4ncccc4F)c4c(C#N)cnn4c3)nn2)CC1. The Morgan fingerprint density at radius 2 is 2.03 bits per heavy atom. The molecule has 0 atom stereocenters. The average molecular weight is 463 g/mol. The number of nitrogens with zero attached hydrogens (tertiary/aromatic N) is 8. The van der Waals surface area contributed by atoms with Crippen LogP contribution >= 0.6 is 11.8 Å². The topological polar surface area (TPSA) is 87.9 Å². The van der Waals surface area contributed by atoms with Crippen molar-refractivity contribution < 1.29 is 4.39 Å². The van der Waals surface area contributed by atoms with Crippen LogP contribution in [0.5, 0.6) is 0 Å². The number of halogens is 1. The fourth-order valence-electron chi connectivity index (χ4n) is 4.36. The normalized spacial score (nSPS) is 18.6. The van der Waals surface area contributed by atoms with Crippen LogP contribution in [-0.4, -0.2) is 54.6 Å². The molecule has 0 spiro atoms. The van der Waals surface area contributed by atoms with Crippen molar-refractivity contribution in [2.24, 2.45) is 0 Å². The number of fused-ring (bicyclic) bond motifs is 1. The molecule has 4 heterocycles. The van der Waals surface area contributed by atoms with Gasteiger partial charge in [-0.1, -0.05) is 17.0 Å². The summed E-state index contributed by atoms with van der Waals surface area (Å²) in [6.07, 6.45) is 11.3. The lowest BCUT2D eigenvalue weighted by Gasteiger charge is -2.32. The van der Waals surface area contributed by atoms with E-state index in [1.807, 2.05) is 23.1 Å². The summed E-state index contributed by atoms with van der Waals surface area (Å²) in [5.74, 6) is -0.414. The molecule has 0 aromatic carbocycles. The highest BCUT2D eigenvalue weighted by Crippen LogP contribution is 2.36. The summed E-state index contributed by atoms with van der Waals surface area (Å²) in [6.45, 7) is 0. The minimum absolute atomic E-state index is 0.239. The van der Waals surface area contributed by atoms with Gasteiger partial charge in [-0.15, -0.1) is 5.10 Å². The number of rotatable bonds is 5. The second-order valence-corrected chi connectivity index (χ2v) is 9.49. The van der Waals surface area contributed by atoms with E-state index in [4.69, 9.17) is 0 Å². The Morgan fingerprint density at radius 3 is 2.76 bits per heavy atom. The van der Waals surface area contributed by atoms with Gasteiger partial charge in [0.1, 0.15) is 16.8 Å². The van der Waals surface area contributed by atoms with Crippen molar-refractivity contribution in [1.82, 2.24) is 34.5 Å². The Hall–Kier alpha value is -3.29. The van der Waals surface area contributed by atoms with E-state index >= 15 is 0 Å². The van der Waals surface area contributed by atoms with E-state index in [1.165, 1.54) is 24.0 Å². The highest BCUT2D eigenvalue weighted by atomic mass is 32.2. The van der Waals surface area contributed by atoms with Crippen molar-refractivity contribution in [1.29, 1.82) is 5.26 Å². The lowest BCUT2D eigenvalue weighted by molar-refractivity contribution is 0.188. The van der Waals surface area contributed by atoms with Crippen LogP contribution in [-0.2, 0) is 0 Å². The van der Waals surface area contributed by atoms with Crippen LogP contribution in [0, 0.1) is 17.1 Å². The number of aromatic nitrogens is 6. The minimum Gasteiger partial charge on any atom is -0.306 e. The molecular formula is C23H23FN8S. The predicted octanol–water partition coefficient (Wildman–Crippen LogP) is 4.20. The molecule has 0 unspecified atom stereocenters. The number of hydrogen-bond acceptors (Lipinski definition) is 7. The Kier molecular flexibility index (Phi) is 5.83. The van der Waals surface area contributed by atoms with E-state index in [1.54, 1.807) is 16.8 Å². The van der Waals surface area contributed by atoms with Crippen molar-refractivity contribution in [2.45, 2.75) is 47.7 Å². The van der Waals surface area contributed by atoms with Crippen molar-refractivity contribution in [3.63, 3.8) is 0 Å². The van der Waals surface area contributed by atoms with Gasteiger partial charge in [0, 0.05) is 28.9 Å². The van der Waals surface area contributed by atoms with Crippen LogP contribution in [0.25, 0.3) is 16.8 Å². The van der Waals surface area contributed by atoms with E-state index in [9.17, 15) is 9.65 Å². The third-order valence-corrected chi connectivity index (χ3v) is 7.23. The summed E-state index contributed by atoms with van der Waals surface area (Å²) in [7, 11) is 4.27. The summed E-state index contributed by atoms with van der Waals surface area (Å²) < 4.78 is 17.9. The summed E-state index contributed by atoms with van der Waals surface area (Å²) in [6, 6.07) is 7.93. The summed E-state index contributed by atoms with van der Waals surface area (Å²) in [4.78, 5) is 7.12. The number of pyridine rings is 2. The van der Waals surface area contributed by atoms with Crippen LogP contribution in [0.3, 0.4) is 0 Å². The van der Waals surface area contributed by atoms with E-state index in [-0.39, 0.29) is 5.03 Å². The third kappa shape index (κ3) is 4.21. The van der Waals surface area contributed by atoms with Crippen molar-refractivity contribution >= 4 is 17.3 Å². The molecule has 1 saturated carbocycles. The fraction of sp³-hybridized carbons (Fsp3) is 0.348. The average Bonchev–Trinajstić information content (AvgIpc) is 3.48. The molecule has 0 N–H and O–H groups in total. The standard InChI is InChI=1S/C23H23FN8S/c1-30(2)17-5-7-18(8-6-17)31-14-20(28-29-31)15-10-21(33-23-19(24)4-3-9-26-23)22-16(11-25)12-27-32(22)13-15/h3-4,9-10,12-14,17-18H,5-8H2,1-2H3/t17-,18+. The predicted molar refractivity (Wildman–Crippen MR) is 122 cm³/mol. The number of nitriles is 1. The zero-order chi connectivity index (χ0) is 22.9. The second kappa shape index (κ2) is 8.92. The Balaban J connectivity index is 1.48. The van der Waals surface area contributed by atoms with Gasteiger partial charge in [-0.05, 0) is 58.0 Å². The molecule has 4 aromatic rings. The Bertz CT molecular complexity index is 1330. The highest BCUT2D eigenvalue weighted by molar-refractivity contribution is 7.99. The quantitative estimate of drug-likeness (QED) is 0.439. The molecule has 0 bridgehead atoms. The molecule has 0 aliphatic heterocycles. The van der Waals surface area contributed by atoms with Gasteiger partial charge in [-0.3, -0.25) is 0 Å². The van der Waals surface area contributed by atoms with Gasteiger partial charge in [0.15, 0.2) is 5.82 Å². The molecule has 1 aliphatic rings. The van der Waals surface area contributed by atoms with Crippen molar-refractivity contribution in [2.75, 3.05) is 14.1 Å². The second-order valence-electron chi connectivity index (χ2n) is 8.46. The molecule has 168 valence electrons. The molecule has 1 fully saturated rings. The molecular weight excluding hydrogens is 439 g/mol. The molecule has 8 nitrogen and oxygen atoms in total. The van der Waals surface area contributed by atoms with Crippen LogP contribution in [0.15, 0.2) is 52.9 Å². The van der Waals surface area contributed by atoms with Gasteiger partial charge < -0.3 is 4.90 Å². The Morgan fingerprint density at radius 1 is 1.21 bits per heavy atom. The molecule has 33 heavy (non-hydrogen) atoms. The van der Waals surface area contributed by atoms with E-state index in [0.29, 0.717) is 33.8 Å². The highest BCUT2D eigenvalue weighted by Gasteiger charge is 2.25. The van der Waals surface area contributed by atoms with Gasteiger partial charge in [0.25, 0.3) is 0 Å². The molecule has 4 aromatic heterocycles. The lowest BCUT2D eigenvalue weighted by Crippen LogP contribution is -2.32. The minimum atomic E-state index is -0.414. The first-order valence-electron chi connectivity index (χ1n) is 10.8. The summed E-state index contributed by atoms with van der Waals surface area (Å²) in [5, 5.41) is 22.9. The monoisotopic (exact) mass is 462 g/mol. The fourth-order valence-corrected chi connectivity index (χ4v) is 5.33. The van der Waals surface area contributed by atoms with Gasteiger partial charge in [0.2, 0.25) is 0 Å². The van der Waals surface area contributed by atoms with Crippen LogP contribution in [0.2, 0.25) is 0 Å². The van der Waals surface area contributed by atoms with Crippen LogP contribution in [0.1, 0.15) is 37.3 Å². The maximum atomic E-state index is 14.3. The largest absolute Gasteiger partial charge is 0.306 e. The maximum Gasteiger partial charge on any atom is 0.155 e. The molecule has 0 amide bonds. The van der Waals surface area contributed by atoms with Gasteiger partial charge in [-0.2, -0.15) is 10.4 Å². The molecule has 0 saturated heterocycles. The zero-order valence-electron chi connectivity index (χ0n) is 18.4. The first-order chi connectivity index (χ1) is 16.0. The van der Waals surface area contributed by atoms with Gasteiger partial charge in [-0.25, -0.2) is 18.6 Å². The van der Waals surface area contributed by atoms with Crippen molar-refractivity contribution in [3.05, 3.63) is 54.4 Å². The first-order valence-corrected chi connectivity index (χ1v) is 11.6. The van der Waals surface area contributed by atoms with E-state index < -0.39 is 5.82 Å². The molecule has 1 aliphatic carbocycles. The first kappa shape index (κ1) is 21.6. The maximum absolute atomic E-state index is 14.3. The molecule has 5 rings (SSSR count). The lowest BCUT2D eigenvalue weighted by atomic mass is 9.91. The summed E-state index contributed by atoms with van der Waals surface area (Å²) >= 11 is 1.17. The van der Waals surface area contributed by atoms with Crippen LogP contribution < -0.4 is 0 Å². The van der Waals surface area contributed by atoms with Crippen LogP contribution in [0.4, 0.5) is 4.39 Å². The van der Waals surface area contributed by atoms with E-state index in [0.717, 1.165) is 31.2 Å². The smallest absolute Gasteiger partial charge is 0.155 e. The van der Waals surface area contributed by atoms with E-state index in [2.05, 4.69) is 45.5 Å². The zero-order valence-corrected chi connectivity index (χ0v) is 19.2.